The van der Waals surface area contributed by atoms with Crippen LogP contribution in [-0.2, 0) is 4.74 Å². The number of aliphatic hydroxyl groups excluding tert-OH is 1. The van der Waals surface area contributed by atoms with E-state index in [0.29, 0.717) is 12.6 Å². The summed E-state index contributed by atoms with van der Waals surface area (Å²) in [4.78, 5) is 13.8. The predicted molar refractivity (Wildman–Crippen MR) is 79.7 cm³/mol. The van der Waals surface area contributed by atoms with Crippen LogP contribution in [0.2, 0.25) is 0 Å². The minimum Gasteiger partial charge on any atom is -0.444 e. The van der Waals surface area contributed by atoms with Crippen LogP contribution in [0.3, 0.4) is 0 Å². The van der Waals surface area contributed by atoms with Crippen LogP contribution in [0.25, 0.3) is 0 Å². The molecule has 1 aliphatic heterocycles. The fourth-order valence-corrected chi connectivity index (χ4v) is 2.26. The van der Waals surface area contributed by atoms with Gasteiger partial charge < -0.3 is 20.1 Å². The molecule has 5 nitrogen and oxygen atoms in total. The SMILES string of the molecule is CCC(O)CNC1CCCN(C(=O)OC(C)(C)C)CC1. The number of ether oxygens (including phenoxy) is 1. The molecule has 1 rings (SSSR count). The van der Waals surface area contributed by atoms with Gasteiger partial charge in [0.1, 0.15) is 5.60 Å². The third-order valence-electron chi connectivity index (χ3n) is 3.49. The van der Waals surface area contributed by atoms with Crippen molar-refractivity contribution in [1.82, 2.24) is 10.2 Å². The minimum absolute atomic E-state index is 0.216. The summed E-state index contributed by atoms with van der Waals surface area (Å²) in [6, 6.07) is 0.378. The Labute approximate surface area is 122 Å². The van der Waals surface area contributed by atoms with Crippen molar-refractivity contribution >= 4 is 6.09 Å². The molecule has 5 heteroatoms. The molecule has 2 unspecified atom stereocenters. The number of nitrogens with one attached hydrogen (secondary N) is 1. The van der Waals surface area contributed by atoms with E-state index in [1.165, 1.54) is 0 Å². The molecule has 0 aromatic rings. The molecule has 0 spiro atoms. The van der Waals surface area contributed by atoms with Crippen LogP contribution in [0, 0.1) is 0 Å². The average Bonchev–Trinajstić information content (AvgIpc) is 2.59. The van der Waals surface area contributed by atoms with Crippen LogP contribution in [0.4, 0.5) is 4.79 Å². The van der Waals surface area contributed by atoms with Crippen molar-refractivity contribution in [2.45, 2.75) is 71.1 Å². The molecule has 0 aliphatic carbocycles. The Morgan fingerprint density at radius 1 is 1.40 bits per heavy atom. The molecule has 0 saturated carbocycles. The van der Waals surface area contributed by atoms with Gasteiger partial charge in [-0.05, 0) is 46.5 Å². The van der Waals surface area contributed by atoms with Crippen LogP contribution in [-0.4, -0.2) is 53.5 Å². The predicted octanol–water partition coefficient (Wildman–Crippen LogP) is 2.14. The zero-order valence-electron chi connectivity index (χ0n) is 13.3. The van der Waals surface area contributed by atoms with Crippen LogP contribution in [0.15, 0.2) is 0 Å². The van der Waals surface area contributed by atoms with E-state index < -0.39 is 5.60 Å². The molecule has 2 atom stereocenters. The number of carbonyl (C=O) groups excluding carboxylic acids is 1. The summed E-state index contributed by atoms with van der Waals surface area (Å²) in [5, 5.41) is 13.0. The maximum absolute atomic E-state index is 12.0. The van der Waals surface area contributed by atoms with Crippen molar-refractivity contribution in [3.05, 3.63) is 0 Å². The van der Waals surface area contributed by atoms with Crippen molar-refractivity contribution in [3.63, 3.8) is 0 Å². The van der Waals surface area contributed by atoms with E-state index in [2.05, 4.69) is 5.32 Å². The van der Waals surface area contributed by atoms with E-state index in [0.717, 1.165) is 38.8 Å². The molecular formula is C15H30N2O3. The lowest BCUT2D eigenvalue weighted by molar-refractivity contribution is 0.0255. The lowest BCUT2D eigenvalue weighted by Crippen LogP contribution is -2.39. The molecule has 1 fully saturated rings. The molecule has 0 aromatic carbocycles. The van der Waals surface area contributed by atoms with E-state index in [-0.39, 0.29) is 12.2 Å². The molecule has 0 radical (unpaired) electrons. The first-order valence-corrected chi connectivity index (χ1v) is 7.71. The van der Waals surface area contributed by atoms with Gasteiger partial charge in [0, 0.05) is 25.7 Å². The summed E-state index contributed by atoms with van der Waals surface area (Å²) in [5.74, 6) is 0. The van der Waals surface area contributed by atoms with Gasteiger partial charge in [0.15, 0.2) is 0 Å². The number of rotatable bonds is 4. The van der Waals surface area contributed by atoms with Crippen LogP contribution >= 0.6 is 0 Å². The van der Waals surface area contributed by atoms with Crippen LogP contribution in [0.5, 0.6) is 0 Å². The molecule has 118 valence electrons. The summed E-state index contributed by atoms with van der Waals surface area (Å²) in [7, 11) is 0. The largest absolute Gasteiger partial charge is 0.444 e. The fraction of sp³-hybridized carbons (Fsp3) is 0.933. The van der Waals surface area contributed by atoms with Crippen molar-refractivity contribution in [2.75, 3.05) is 19.6 Å². The highest BCUT2D eigenvalue weighted by atomic mass is 16.6. The molecular weight excluding hydrogens is 256 g/mol. The molecule has 1 heterocycles. The quantitative estimate of drug-likeness (QED) is 0.831. The van der Waals surface area contributed by atoms with Gasteiger partial charge in [0.2, 0.25) is 0 Å². The molecule has 2 N–H and O–H groups in total. The van der Waals surface area contributed by atoms with Crippen molar-refractivity contribution in [3.8, 4) is 0 Å². The highest BCUT2D eigenvalue weighted by Crippen LogP contribution is 2.15. The van der Waals surface area contributed by atoms with Gasteiger partial charge in [-0.15, -0.1) is 0 Å². The number of aliphatic hydroxyl groups is 1. The standard InChI is InChI=1S/C15H30N2O3/c1-5-13(18)11-16-12-7-6-9-17(10-8-12)14(19)20-15(2,3)4/h12-13,16,18H,5-11H2,1-4H3. The van der Waals surface area contributed by atoms with E-state index in [1.807, 2.05) is 27.7 Å². The van der Waals surface area contributed by atoms with E-state index in [9.17, 15) is 9.90 Å². The number of nitrogens with zero attached hydrogens (tertiary/aromatic N) is 1. The topological polar surface area (TPSA) is 61.8 Å². The zero-order valence-corrected chi connectivity index (χ0v) is 13.3. The van der Waals surface area contributed by atoms with Gasteiger partial charge in [-0.2, -0.15) is 0 Å². The molecule has 1 aliphatic rings. The van der Waals surface area contributed by atoms with E-state index in [4.69, 9.17) is 4.74 Å². The van der Waals surface area contributed by atoms with Crippen LogP contribution < -0.4 is 5.32 Å². The molecule has 1 saturated heterocycles. The fourth-order valence-electron chi connectivity index (χ4n) is 2.26. The van der Waals surface area contributed by atoms with Crippen molar-refractivity contribution < 1.29 is 14.6 Å². The highest BCUT2D eigenvalue weighted by molar-refractivity contribution is 5.68. The van der Waals surface area contributed by atoms with Crippen molar-refractivity contribution in [2.24, 2.45) is 0 Å². The van der Waals surface area contributed by atoms with Gasteiger partial charge in [-0.3, -0.25) is 0 Å². The van der Waals surface area contributed by atoms with Gasteiger partial charge in [0.05, 0.1) is 6.10 Å². The van der Waals surface area contributed by atoms with Crippen molar-refractivity contribution in [1.29, 1.82) is 0 Å². The summed E-state index contributed by atoms with van der Waals surface area (Å²) in [5.41, 5.74) is -0.438. The van der Waals surface area contributed by atoms with Gasteiger partial charge >= 0.3 is 6.09 Å². The Kier molecular flexibility index (Phi) is 6.76. The second-order valence-electron chi connectivity index (χ2n) is 6.57. The van der Waals surface area contributed by atoms with Gasteiger partial charge in [0.25, 0.3) is 0 Å². The third-order valence-corrected chi connectivity index (χ3v) is 3.49. The number of amides is 1. The Morgan fingerprint density at radius 3 is 2.70 bits per heavy atom. The Bertz CT molecular complexity index is 302. The number of hydrogen-bond acceptors (Lipinski definition) is 4. The lowest BCUT2D eigenvalue weighted by atomic mass is 10.1. The zero-order chi connectivity index (χ0) is 15.2. The maximum atomic E-state index is 12.0. The number of hydrogen-bond donors (Lipinski definition) is 2. The van der Waals surface area contributed by atoms with Crippen LogP contribution in [0.1, 0.15) is 53.4 Å². The summed E-state index contributed by atoms with van der Waals surface area (Å²) in [6.45, 7) is 9.74. The Balaban J connectivity index is 2.37. The summed E-state index contributed by atoms with van der Waals surface area (Å²) < 4.78 is 5.41. The average molecular weight is 286 g/mol. The Morgan fingerprint density at radius 2 is 2.10 bits per heavy atom. The van der Waals surface area contributed by atoms with Gasteiger partial charge in [-0.25, -0.2) is 4.79 Å². The van der Waals surface area contributed by atoms with E-state index in [1.54, 1.807) is 4.90 Å². The third kappa shape index (κ3) is 6.57. The summed E-state index contributed by atoms with van der Waals surface area (Å²) >= 11 is 0. The molecule has 20 heavy (non-hydrogen) atoms. The molecule has 0 bridgehead atoms. The first-order chi connectivity index (χ1) is 9.31. The van der Waals surface area contributed by atoms with Gasteiger partial charge in [-0.1, -0.05) is 6.92 Å². The maximum Gasteiger partial charge on any atom is 0.410 e. The first kappa shape index (κ1) is 17.2. The highest BCUT2D eigenvalue weighted by Gasteiger charge is 2.25. The number of likely N-dealkylation sites (tertiary alicyclic amines) is 1. The molecule has 1 amide bonds. The normalized spacial score (nSPS) is 22.2. The minimum atomic E-state index is -0.438. The van der Waals surface area contributed by atoms with E-state index >= 15 is 0 Å². The second-order valence-corrected chi connectivity index (χ2v) is 6.57. The second kappa shape index (κ2) is 7.84. The smallest absolute Gasteiger partial charge is 0.410 e. The first-order valence-electron chi connectivity index (χ1n) is 7.71. The molecule has 0 aromatic heterocycles. The Hall–Kier alpha value is -0.810. The number of carbonyl (C=O) groups is 1. The monoisotopic (exact) mass is 286 g/mol. The lowest BCUT2D eigenvalue weighted by Gasteiger charge is -2.26. The summed E-state index contributed by atoms with van der Waals surface area (Å²) in [6.07, 6.45) is 3.20.